The molecule has 1 aromatic rings. The number of ether oxygens (including phenoxy) is 1. The van der Waals surface area contributed by atoms with Crippen LogP contribution in [0, 0.1) is 5.92 Å². The summed E-state index contributed by atoms with van der Waals surface area (Å²) < 4.78 is 5.43. The Labute approximate surface area is 103 Å². The molecule has 86 valence electrons. The summed E-state index contributed by atoms with van der Waals surface area (Å²) in [4.78, 5) is 11.0. The third-order valence-electron chi connectivity index (χ3n) is 2.68. The second-order valence-electron chi connectivity index (χ2n) is 3.69. The molecule has 1 aromatic carbocycles. The molecule has 0 aromatic heterocycles. The van der Waals surface area contributed by atoms with Crippen molar-refractivity contribution in [2.24, 2.45) is 5.92 Å². The third-order valence-corrected chi connectivity index (χ3v) is 3.24. The maximum absolute atomic E-state index is 11.0. The quantitative estimate of drug-likeness (QED) is 0.889. The monoisotopic (exact) mass is 260 g/mol. The van der Waals surface area contributed by atoms with E-state index in [4.69, 9.17) is 33.0 Å². The first kappa shape index (κ1) is 11.7. The van der Waals surface area contributed by atoms with Crippen molar-refractivity contribution in [2.45, 2.75) is 12.5 Å². The van der Waals surface area contributed by atoms with Gasteiger partial charge in [0, 0.05) is 22.2 Å². The van der Waals surface area contributed by atoms with Gasteiger partial charge in [0.1, 0.15) is 0 Å². The van der Waals surface area contributed by atoms with Gasteiger partial charge in [-0.2, -0.15) is 0 Å². The molecular formula is C11H10Cl2O3. The lowest BCUT2D eigenvalue weighted by Gasteiger charge is -2.16. The average molecular weight is 261 g/mol. The highest BCUT2D eigenvalue weighted by Crippen LogP contribution is 2.38. The van der Waals surface area contributed by atoms with Crippen molar-refractivity contribution in [3.8, 4) is 0 Å². The lowest BCUT2D eigenvalue weighted by molar-refractivity contribution is -0.143. The number of halogens is 2. The van der Waals surface area contributed by atoms with E-state index in [0.717, 1.165) is 0 Å². The minimum Gasteiger partial charge on any atom is -0.481 e. The van der Waals surface area contributed by atoms with Crippen molar-refractivity contribution < 1.29 is 14.6 Å². The standard InChI is InChI=1S/C11H10Cl2O3/c12-6-1-2-7(9(13)5-6)10-8(11(14)15)3-4-16-10/h1-2,5,8,10H,3-4H2,(H,14,15). The molecule has 0 amide bonds. The molecule has 1 aliphatic heterocycles. The Morgan fingerprint density at radius 3 is 2.81 bits per heavy atom. The molecule has 0 saturated carbocycles. The van der Waals surface area contributed by atoms with Gasteiger partial charge in [-0.1, -0.05) is 29.3 Å². The first-order chi connectivity index (χ1) is 7.59. The van der Waals surface area contributed by atoms with Crippen LogP contribution in [0.25, 0.3) is 0 Å². The predicted molar refractivity (Wildman–Crippen MR) is 60.9 cm³/mol. The number of benzene rings is 1. The van der Waals surface area contributed by atoms with Gasteiger partial charge in [0.05, 0.1) is 12.0 Å². The van der Waals surface area contributed by atoms with E-state index in [1.54, 1.807) is 18.2 Å². The van der Waals surface area contributed by atoms with E-state index >= 15 is 0 Å². The van der Waals surface area contributed by atoms with E-state index in [9.17, 15) is 4.79 Å². The summed E-state index contributed by atoms with van der Waals surface area (Å²) in [7, 11) is 0. The van der Waals surface area contributed by atoms with Crippen molar-refractivity contribution in [3.63, 3.8) is 0 Å². The average Bonchev–Trinajstić information content (AvgIpc) is 2.66. The van der Waals surface area contributed by atoms with Crippen molar-refractivity contribution in [2.75, 3.05) is 6.61 Å². The summed E-state index contributed by atoms with van der Waals surface area (Å²) in [6.45, 7) is 0.445. The van der Waals surface area contributed by atoms with Gasteiger partial charge in [0.25, 0.3) is 0 Å². The van der Waals surface area contributed by atoms with Gasteiger partial charge in [0.15, 0.2) is 0 Å². The summed E-state index contributed by atoms with van der Waals surface area (Å²) in [5.41, 5.74) is 0.691. The Balaban J connectivity index is 2.32. The fourth-order valence-corrected chi connectivity index (χ4v) is 2.40. The molecule has 1 heterocycles. The SMILES string of the molecule is O=C(O)C1CCOC1c1ccc(Cl)cc1Cl. The Kier molecular flexibility index (Phi) is 3.38. The second kappa shape index (κ2) is 4.62. The molecule has 0 spiro atoms. The summed E-state index contributed by atoms with van der Waals surface area (Å²) in [6.07, 6.45) is 0.0427. The molecule has 1 fully saturated rings. The van der Waals surface area contributed by atoms with Crippen molar-refractivity contribution in [1.29, 1.82) is 0 Å². The van der Waals surface area contributed by atoms with Crippen molar-refractivity contribution in [1.82, 2.24) is 0 Å². The minimum absolute atomic E-state index is 0.445. The summed E-state index contributed by atoms with van der Waals surface area (Å²) in [5.74, 6) is -1.38. The van der Waals surface area contributed by atoms with E-state index in [2.05, 4.69) is 0 Å². The van der Waals surface area contributed by atoms with Crippen LogP contribution in [-0.2, 0) is 9.53 Å². The molecule has 0 radical (unpaired) electrons. The Morgan fingerprint density at radius 1 is 1.44 bits per heavy atom. The molecule has 2 unspecified atom stereocenters. The fraction of sp³-hybridized carbons (Fsp3) is 0.364. The molecule has 2 rings (SSSR count). The number of hydrogen-bond donors (Lipinski definition) is 1. The molecule has 3 nitrogen and oxygen atoms in total. The maximum Gasteiger partial charge on any atom is 0.309 e. The summed E-state index contributed by atoms with van der Waals surface area (Å²) >= 11 is 11.8. The van der Waals surface area contributed by atoms with E-state index < -0.39 is 18.0 Å². The second-order valence-corrected chi connectivity index (χ2v) is 4.53. The molecule has 5 heteroatoms. The van der Waals surface area contributed by atoms with Gasteiger partial charge >= 0.3 is 5.97 Å². The molecular weight excluding hydrogens is 251 g/mol. The molecule has 1 aliphatic rings. The molecule has 0 bridgehead atoms. The van der Waals surface area contributed by atoms with Gasteiger partial charge in [0.2, 0.25) is 0 Å². The predicted octanol–water partition coefficient (Wildman–Crippen LogP) is 3.16. The van der Waals surface area contributed by atoms with Crippen LogP contribution in [0.15, 0.2) is 18.2 Å². The summed E-state index contributed by atoms with van der Waals surface area (Å²) in [6, 6.07) is 5.00. The zero-order valence-electron chi connectivity index (χ0n) is 8.32. The van der Waals surface area contributed by atoms with E-state index in [1.807, 2.05) is 0 Å². The lowest BCUT2D eigenvalue weighted by Crippen LogP contribution is -2.17. The van der Waals surface area contributed by atoms with Crippen LogP contribution >= 0.6 is 23.2 Å². The Hall–Kier alpha value is -0.770. The number of rotatable bonds is 2. The highest BCUT2D eigenvalue weighted by atomic mass is 35.5. The first-order valence-electron chi connectivity index (χ1n) is 4.89. The zero-order chi connectivity index (χ0) is 11.7. The number of hydrogen-bond acceptors (Lipinski definition) is 2. The fourth-order valence-electron chi connectivity index (χ4n) is 1.88. The highest BCUT2D eigenvalue weighted by Gasteiger charge is 2.36. The Bertz CT molecular complexity index is 420. The van der Waals surface area contributed by atoms with E-state index in [-0.39, 0.29) is 0 Å². The molecule has 1 N–H and O–H groups in total. The number of carboxylic acids is 1. The van der Waals surface area contributed by atoms with Gasteiger partial charge in [-0.15, -0.1) is 0 Å². The largest absolute Gasteiger partial charge is 0.481 e. The van der Waals surface area contributed by atoms with Gasteiger partial charge in [-0.25, -0.2) is 0 Å². The molecule has 1 saturated heterocycles. The lowest BCUT2D eigenvalue weighted by atomic mass is 9.95. The van der Waals surface area contributed by atoms with Gasteiger partial charge in [-0.05, 0) is 18.6 Å². The van der Waals surface area contributed by atoms with Crippen LogP contribution < -0.4 is 0 Å². The number of aliphatic carboxylic acids is 1. The van der Waals surface area contributed by atoms with Crippen LogP contribution in [0.1, 0.15) is 18.1 Å². The number of carboxylic acid groups (broad SMARTS) is 1. The first-order valence-corrected chi connectivity index (χ1v) is 5.64. The van der Waals surface area contributed by atoms with Crippen molar-refractivity contribution >= 4 is 29.2 Å². The molecule has 16 heavy (non-hydrogen) atoms. The smallest absolute Gasteiger partial charge is 0.309 e. The van der Waals surface area contributed by atoms with Crippen LogP contribution in [-0.4, -0.2) is 17.7 Å². The van der Waals surface area contributed by atoms with E-state index in [0.29, 0.717) is 28.6 Å². The zero-order valence-corrected chi connectivity index (χ0v) is 9.83. The Morgan fingerprint density at radius 2 is 2.19 bits per heavy atom. The number of carbonyl (C=O) groups is 1. The summed E-state index contributed by atoms with van der Waals surface area (Å²) in [5, 5.41) is 10.0. The minimum atomic E-state index is -0.853. The van der Waals surface area contributed by atoms with Gasteiger partial charge < -0.3 is 9.84 Å². The normalized spacial score (nSPS) is 24.6. The van der Waals surface area contributed by atoms with E-state index in [1.165, 1.54) is 0 Å². The van der Waals surface area contributed by atoms with Crippen molar-refractivity contribution in [3.05, 3.63) is 33.8 Å². The topological polar surface area (TPSA) is 46.5 Å². The van der Waals surface area contributed by atoms with Gasteiger partial charge in [-0.3, -0.25) is 4.79 Å². The highest BCUT2D eigenvalue weighted by molar-refractivity contribution is 6.35. The van der Waals surface area contributed by atoms with Crippen LogP contribution in [0.3, 0.4) is 0 Å². The van der Waals surface area contributed by atoms with Crippen LogP contribution in [0.5, 0.6) is 0 Å². The third kappa shape index (κ3) is 2.17. The van der Waals surface area contributed by atoms with Crippen LogP contribution in [0.4, 0.5) is 0 Å². The maximum atomic E-state index is 11.0. The molecule has 0 aliphatic carbocycles. The van der Waals surface area contributed by atoms with Crippen LogP contribution in [0.2, 0.25) is 10.0 Å². The molecule has 2 atom stereocenters.